The van der Waals surface area contributed by atoms with Crippen LogP contribution in [0.2, 0.25) is 0 Å². The standard InChI is InChI=1S/C13H23N3O3.2ClH/c17-13(12-10-19-6-2-14-12)16-3-1-11(9-16)15-4-7-18-8-5-15;;/h11-12,14H,1-10H2;2*1H. The van der Waals surface area contributed by atoms with E-state index in [0.29, 0.717) is 19.3 Å². The van der Waals surface area contributed by atoms with Gasteiger partial charge in [0.2, 0.25) is 5.91 Å². The lowest BCUT2D eigenvalue weighted by molar-refractivity contribution is -0.135. The first-order valence-corrected chi connectivity index (χ1v) is 7.26. The summed E-state index contributed by atoms with van der Waals surface area (Å²) in [7, 11) is 0. The summed E-state index contributed by atoms with van der Waals surface area (Å²) in [5, 5.41) is 3.24. The van der Waals surface area contributed by atoms with Gasteiger partial charge in [-0.05, 0) is 6.42 Å². The molecular weight excluding hydrogens is 317 g/mol. The van der Waals surface area contributed by atoms with Crippen LogP contribution in [0.25, 0.3) is 0 Å². The Morgan fingerprint density at radius 2 is 1.81 bits per heavy atom. The van der Waals surface area contributed by atoms with Crippen molar-refractivity contribution in [3.63, 3.8) is 0 Å². The summed E-state index contributed by atoms with van der Waals surface area (Å²) in [5.41, 5.74) is 0. The Morgan fingerprint density at radius 1 is 1.05 bits per heavy atom. The van der Waals surface area contributed by atoms with Gasteiger partial charge < -0.3 is 19.7 Å². The van der Waals surface area contributed by atoms with E-state index in [0.717, 1.165) is 52.4 Å². The monoisotopic (exact) mass is 341 g/mol. The average molecular weight is 342 g/mol. The van der Waals surface area contributed by atoms with Crippen LogP contribution in [-0.4, -0.2) is 86.9 Å². The van der Waals surface area contributed by atoms with Gasteiger partial charge in [0.25, 0.3) is 0 Å². The van der Waals surface area contributed by atoms with Crippen LogP contribution >= 0.6 is 24.8 Å². The van der Waals surface area contributed by atoms with Crippen LogP contribution in [0.15, 0.2) is 0 Å². The molecule has 0 aromatic heterocycles. The molecule has 3 aliphatic rings. The molecule has 0 radical (unpaired) electrons. The van der Waals surface area contributed by atoms with Crippen molar-refractivity contribution in [1.82, 2.24) is 15.1 Å². The first kappa shape index (κ1) is 18.9. The maximum Gasteiger partial charge on any atom is 0.242 e. The quantitative estimate of drug-likeness (QED) is 0.750. The third kappa shape index (κ3) is 4.68. The number of carbonyl (C=O) groups excluding carboxylic acids is 1. The number of ether oxygens (including phenoxy) is 2. The number of hydrogen-bond donors (Lipinski definition) is 1. The highest BCUT2D eigenvalue weighted by atomic mass is 35.5. The molecule has 0 bridgehead atoms. The molecule has 3 heterocycles. The smallest absolute Gasteiger partial charge is 0.242 e. The van der Waals surface area contributed by atoms with E-state index in [1.54, 1.807) is 0 Å². The third-order valence-corrected chi connectivity index (χ3v) is 4.26. The molecule has 0 aliphatic carbocycles. The number of nitrogens with zero attached hydrogens (tertiary/aromatic N) is 2. The van der Waals surface area contributed by atoms with Crippen molar-refractivity contribution in [3.05, 3.63) is 0 Å². The van der Waals surface area contributed by atoms with Crippen molar-refractivity contribution in [2.24, 2.45) is 0 Å². The molecular formula is C13H25Cl2N3O3. The number of morpholine rings is 2. The highest BCUT2D eigenvalue weighted by Gasteiger charge is 2.34. The Kier molecular flexibility index (Phi) is 8.23. The number of likely N-dealkylation sites (tertiary alicyclic amines) is 1. The van der Waals surface area contributed by atoms with Gasteiger partial charge in [0.1, 0.15) is 6.04 Å². The summed E-state index contributed by atoms with van der Waals surface area (Å²) < 4.78 is 10.7. The molecule has 0 aromatic rings. The summed E-state index contributed by atoms with van der Waals surface area (Å²) in [6.45, 7) is 7.37. The fraction of sp³-hybridized carbons (Fsp3) is 0.923. The number of rotatable bonds is 2. The molecule has 3 saturated heterocycles. The normalized spacial score (nSPS) is 30.4. The van der Waals surface area contributed by atoms with Crippen molar-refractivity contribution >= 4 is 30.7 Å². The van der Waals surface area contributed by atoms with Gasteiger partial charge in [0.15, 0.2) is 0 Å². The Morgan fingerprint density at radius 3 is 2.48 bits per heavy atom. The van der Waals surface area contributed by atoms with Crippen LogP contribution in [-0.2, 0) is 14.3 Å². The maximum absolute atomic E-state index is 12.4. The van der Waals surface area contributed by atoms with Crippen LogP contribution in [0.1, 0.15) is 6.42 Å². The Labute approximate surface area is 138 Å². The SMILES string of the molecule is Cl.Cl.O=C(C1COCCN1)N1CCC(N2CCOCC2)C1. The Hall–Kier alpha value is -0.110. The summed E-state index contributed by atoms with van der Waals surface area (Å²) >= 11 is 0. The average Bonchev–Trinajstić information content (AvgIpc) is 2.98. The number of halogens is 2. The number of carbonyl (C=O) groups is 1. The van der Waals surface area contributed by atoms with Crippen LogP contribution in [0.3, 0.4) is 0 Å². The second-order valence-electron chi connectivity index (χ2n) is 5.46. The third-order valence-electron chi connectivity index (χ3n) is 4.26. The lowest BCUT2D eigenvalue weighted by Gasteiger charge is -2.32. The molecule has 1 amide bonds. The summed E-state index contributed by atoms with van der Waals surface area (Å²) in [4.78, 5) is 16.8. The Balaban J connectivity index is 0.00000110. The van der Waals surface area contributed by atoms with Crippen molar-refractivity contribution < 1.29 is 14.3 Å². The number of amides is 1. The molecule has 124 valence electrons. The molecule has 2 atom stereocenters. The van der Waals surface area contributed by atoms with Gasteiger partial charge in [-0.1, -0.05) is 0 Å². The maximum atomic E-state index is 12.4. The van der Waals surface area contributed by atoms with E-state index in [1.165, 1.54) is 0 Å². The molecule has 3 fully saturated rings. The fourth-order valence-corrected chi connectivity index (χ4v) is 3.13. The molecule has 0 saturated carbocycles. The first-order chi connectivity index (χ1) is 9.34. The van der Waals surface area contributed by atoms with E-state index in [4.69, 9.17) is 9.47 Å². The van der Waals surface area contributed by atoms with E-state index >= 15 is 0 Å². The highest BCUT2D eigenvalue weighted by Crippen LogP contribution is 2.18. The lowest BCUT2D eigenvalue weighted by atomic mass is 10.2. The zero-order chi connectivity index (χ0) is 13.1. The summed E-state index contributed by atoms with van der Waals surface area (Å²) in [5.74, 6) is 0.204. The molecule has 0 spiro atoms. The lowest BCUT2D eigenvalue weighted by Crippen LogP contribution is -2.53. The molecule has 1 N–H and O–H groups in total. The van der Waals surface area contributed by atoms with Crippen LogP contribution in [0, 0.1) is 0 Å². The minimum Gasteiger partial charge on any atom is -0.379 e. The zero-order valence-corrected chi connectivity index (χ0v) is 13.8. The molecule has 0 aromatic carbocycles. The molecule has 3 aliphatic heterocycles. The van der Waals surface area contributed by atoms with Gasteiger partial charge >= 0.3 is 0 Å². The van der Waals surface area contributed by atoms with E-state index in [1.807, 2.05) is 4.90 Å². The summed E-state index contributed by atoms with van der Waals surface area (Å²) in [6, 6.07) is 0.370. The van der Waals surface area contributed by atoms with Crippen molar-refractivity contribution in [2.75, 3.05) is 59.2 Å². The minimum absolute atomic E-state index is 0. The van der Waals surface area contributed by atoms with Gasteiger partial charge in [-0.3, -0.25) is 9.69 Å². The molecule has 6 nitrogen and oxygen atoms in total. The predicted molar refractivity (Wildman–Crippen MR) is 84.5 cm³/mol. The van der Waals surface area contributed by atoms with Crippen LogP contribution in [0.5, 0.6) is 0 Å². The molecule has 8 heteroatoms. The highest BCUT2D eigenvalue weighted by molar-refractivity contribution is 5.85. The molecule has 3 rings (SSSR count). The number of hydrogen-bond acceptors (Lipinski definition) is 5. The van der Waals surface area contributed by atoms with Crippen molar-refractivity contribution in [1.29, 1.82) is 0 Å². The topological polar surface area (TPSA) is 54.0 Å². The predicted octanol–water partition coefficient (Wildman–Crippen LogP) is -0.248. The largest absolute Gasteiger partial charge is 0.379 e. The van der Waals surface area contributed by atoms with Crippen molar-refractivity contribution in [3.8, 4) is 0 Å². The van der Waals surface area contributed by atoms with E-state index in [2.05, 4.69) is 10.2 Å². The fourth-order valence-electron chi connectivity index (χ4n) is 3.13. The Bertz CT molecular complexity index is 324. The van der Waals surface area contributed by atoms with Gasteiger partial charge in [0.05, 0.1) is 26.4 Å². The summed E-state index contributed by atoms with van der Waals surface area (Å²) in [6.07, 6.45) is 1.08. The van der Waals surface area contributed by atoms with Crippen LogP contribution < -0.4 is 5.32 Å². The second-order valence-corrected chi connectivity index (χ2v) is 5.46. The number of nitrogens with one attached hydrogen (secondary N) is 1. The van der Waals surface area contributed by atoms with Gasteiger partial charge in [-0.15, -0.1) is 24.8 Å². The van der Waals surface area contributed by atoms with Crippen LogP contribution in [0.4, 0.5) is 0 Å². The zero-order valence-electron chi connectivity index (χ0n) is 12.2. The second kappa shape index (κ2) is 9.12. The van der Waals surface area contributed by atoms with Crippen molar-refractivity contribution in [2.45, 2.75) is 18.5 Å². The molecule has 2 unspecified atom stereocenters. The van der Waals surface area contributed by atoms with E-state index in [9.17, 15) is 4.79 Å². The molecule has 21 heavy (non-hydrogen) atoms. The van der Waals surface area contributed by atoms with Gasteiger partial charge in [-0.25, -0.2) is 0 Å². The van der Waals surface area contributed by atoms with Gasteiger partial charge in [0, 0.05) is 38.8 Å². The van der Waals surface area contributed by atoms with E-state index < -0.39 is 0 Å². The minimum atomic E-state index is -0.141. The van der Waals surface area contributed by atoms with E-state index in [-0.39, 0.29) is 36.8 Å². The van der Waals surface area contributed by atoms with Gasteiger partial charge in [-0.2, -0.15) is 0 Å². The first-order valence-electron chi connectivity index (χ1n) is 7.26.